The van der Waals surface area contributed by atoms with Crippen molar-refractivity contribution in [2.45, 2.75) is 26.8 Å². The van der Waals surface area contributed by atoms with Gasteiger partial charge in [-0.1, -0.05) is 12.1 Å². The fourth-order valence-electron chi connectivity index (χ4n) is 4.69. The SMILES string of the molecule is CCOC(=O)c1c(-c2cccc3ncoc23)c(C)n2c1-c1cc(OC)c(OC)cc1CC2. The lowest BCUT2D eigenvalue weighted by molar-refractivity contribution is 0.0528. The molecule has 2 aromatic heterocycles. The quantitative estimate of drug-likeness (QED) is 0.412. The summed E-state index contributed by atoms with van der Waals surface area (Å²) in [6.45, 7) is 4.87. The first-order valence-electron chi connectivity index (χ1n) is 10.6. The predicted molar refractivity (Wildman–Crippen MR) is 120 cm³/mol. The molecule has 2 aromatic carbocycles. The summed E-state index contributed by atoms with van der Waals surface area (Å²) in [5, 5.41) is 0. The molecule has 3 heterocycles. The van der Waals surface area contributed by atoms with Crippen molar-refractivity contribution in [1.29, 1.82) is 0 Å². The summed E-state index contributed by atoms with van der Waals surface area (Å²) in [5.74, 6) is 0.929. The smallest absolute Gasteiger partial charge is 0.340 e. The van der Waals surface area contributed by atoms with Gasteiger partial charge < -0.3 is 23.2 Å². The molecule has 0 aliphatic carbocycles. The fraction of sp³-hybridized carbons (Fsp3) is 0.280. The van der Waals surface area contributed by atoms with Crippen LogP contribution in [0.5, 0.6) is 11.5 Å². The molecule has 32 heavy (non-hydrogen) atoms. The van der Waals surface area contributed by atoms with E-state index in [4.69, 9.17) is 18.6 Å². The van der Waals surface area contributed by atoms with E-state index in [0.29, 0.717) is 22.6 Å². The molecule has 0 N–H and O–H groups in total. The molecule has 7 heteroatoms. The predicted octanol–water partition coefficient (Wildman–Crippen LogP) is 5.02. The Labute approximate surface area is 185 Å². The van der Waals surface area contributed by atoms with Crippen molar-refractivity contribution >= 4 is 17.1 Å². The number of carbonyl (C=O) groups excluding carboxylic acids is 1. The highest BCUT2D eigenvalue weighted by Gasteiger charge is 2.33. The van der Waals surface area contributed by atoms with Gasteiger partial charge in [-0.3, -0.25) is 0 Å². The number of aromatic nitrogens is 2. The van der Waals surface area contributed by atoms with Crippen molar-refractivity contribution in [2.75, 3.05) is 20.8 Å². The third-order valence-electron chi connectivity index (χ3n) is 6.10. The van der Waals surface area contributed by atoms with Crippen molar-refractivity contribution in [3.63, 3.8) is 0 Å². The van der Waals surface area contributed by atoms with Gasteiger partial charge in [0.15, 0.2) is 23.5 Å². The van der Waals surface area contributed by atoms with Crippen LogP contribution in [0.2, 0.25) is 0 Å². The molecule has 7 nitrogen and oxygen atoms in total. The highest BCUT2D eigenvalue weighted by Crippen LogP contribution is 2.46. The van der Waals surface area contributed by atoms with Crippen LogP contribution in [0.3, 0.4) is 0 Å². The maximum absolute atomic E-state index is 13.3. The Kier molecular flexibility index (Phi) is 4.89. The number of rotatable bonds is 5. The number of carbonyl (C=O) groups is 1. The molecule has 1 aliphatic heterocycles. The van der Waals surface area contributed by atoms with Gasteiger partial charge in [0.25, 0.3) is 0 Å². The second-order valence-corrected chi connectivity index (χ2v) is 7.68. The maximum atomic E-state index is 13.3. The second-order valence-electron chi connectivity index (χ2n) is 7.68. The molecule has 0 fully saturated rings. The van der Waals surface area contributed by atoms with Crippen LogP contribution in [0.25, 0.3) is 33.5 Å². The summed E-state index contributed by atoms with van der Waals surface area (Å²) in [5.41, 5.74) is 7.40. The van der Waals surface area contributed by atoms with Crippen molar-refractivity contribution in [2.24, 2.45) is 0 Å². The molecule has 1 aliphatic rings. The first kappa shape index (κ1) is 20.2. The minimum atomic E-state index is -0.362. The van der Waals surface area contributed by atoms with E-state index in [2.05, 4.69) is 9.55 Å². The number of hydrogen-bond donors (Lipinski definition) is 0. The highest BCUT2D eigenvalue weighted by molar-refractivity contribution is 6.08. The zero-order chi connectivity index (χ0) is 22.4. The molecule has 0 saturated heterocycles. The van der Waals surface area contributed by atoms with Crippen LogP contribution < -0.4 is 9.47 Å². The lowest BCUT2D eigenvalue weighted by Gasteiger charge is -2.23. The lowest BCUT2D eigenvalue weighted by Crippen LogP contribution is -2.15. The van der Waals surface area contributed by atoms with Gasteiger partial charge in [-0.05, 0) is 44.0 Å². The van der Waals surface area contributed by atoms with E-state index < -0.39 is 0 Å². The monoisotopic (exact) mass is 432 g/mol. The van der Waals surface area contributed by atoms with Crippen LogP contribution in [0.1, 0.15) is 28.5 Å². The Morgan fingerprint density at radius 2 is 1.94 bits per heavy atom. The third kappa shape index (κ3) is 2.88. The minimum Gasteiger partial charge on any atom is -0.493 e. The van der Waals surface area contributed by atoms with E-state index in [9.17, 15) is 4.79 Å². The van der Waals surface area contributed by atoms with E-state index in [1.54, 1.807) is 14.2 Å². The standard InChI is InChI=1S/C25H24N2O5/c1-5-31-25(28)22-21(16-7-6-8-18-24(16)32-13-26-18)14(2)27-10-9-15-11-19(29-3)20(30-4)12-17(15)23(22)27/h6-8,11-13H,5,9-10H2,1-4H3. The number of ether oxygens (including phenoxy) is 3. The zero-order valence-electron chi connectivity index (χ0n) is 18.5. The van der Waals surface area contributed by atoms with E-state index in [-0.39, 0.29) is 12.6 Å². The van der Waals surface area contributed by atoms with Crippen LogP contribution in [-0.2, 0) is 17.7 Å². The average molecular weight is 432 g/mol. The van der Waals surface area contributed by atoms with Crippen LogP contribution >= 0.6 is 0 Å². The molecule has 0 bridgehead atoms. The zero-order valence-corrected chi connectivity index (χ0v) is 18.5. The summed E-state index contributed by atoms with van der Waals surface area (Å²) >= 11 is 0. The van der Waals surface area contributed by atoms with Gasteiger partial charge in [0.05, 0.1) is 32.1 Å². The van der Waals surface area contributed by atoms with Gasteiger partial charge in [-0.15, -0.1) is 0 Å². The number of nitrogens with zero attached hydrogens (tertiary/aromatic N) is 2. The largest absolute Gasteiger partial charge is 0.493 e. The second kappa shape index (κ2) is 7.75. The molecular formula is C25H24N2O5. The Hall–Kier alpha value is -3.74. The molecule has 164 valence electrons. The summed E-state index contributed by atoms with van der Waals surface area (Å²) in [6, 6.07) is 9.71. The van der Waals surface area contributed by atoms with E-state index in [1.807, 2.05) is 44.2 Å². The van der Waals surface area contributed by atoms with Crippen molar-refractivity contribution in [3.05, 3.63) is 53.5 Å². The molecule has 5 rings (SSSR count). The Bertz CT molecular complexity index is 1350. The van der Waals surface area contributed by atoms with Gasteiger partial charge in [0.2, 0.25) is 0 Å². The van der Waals surface area contributed by atoms with Crippen molar-refractivity contribution < 1.29 is 23.4 Å². The van der Waals surface area contributed by atoms with Crippen molar-refractivity contribution in [3.8, 4) is 33.9 Å². The molecule has 0 saturated carbocycles. The van der Waals surface area contributed by atoms with Crippen LogP contribution in [0.15, 0.2) is 41.1 Å². The Morgan fingerprint density at radius 3 is 2.69 bits per heavy atom. The minimum absolute atomic E-state index is 0.285. The number of fused-ring (bicyclic) bond motifs is 4. The van der Waals surface area contributed by atoms with Gasteiger partial charge in [-0.25, -0.2) is 9.78 Å². The summed E-state index contributed by atoms with van der Waals surface area (Å²) in [4.78, 5) is 17.6. The van der Waals surface area contributed by atoms with Crippen LogP contribution in [0.4, 0.5) is 0 Å². The summed E-state index contributed by atoms with van der Waals surface area (Å²) < 4.78 is 24.5. The molecule has 0 spiro atoms. The average Bonchev–Trinajstić information content (AvgIpc) is 3.41. The Morgan fingerprint density at radius 1 is 1.16 bits per heavy atom. The van der Waals surface area contributed by atoms with Crippen molar-refractivity contribution in [1.82, 2.24) is 9.55 Å². The van der Waals surface area contributed by atoms with Gasteiger partial charge in [0.1, 0.15) is 5.52 Å². The number of methoxy groups -OCH3 is 2. The number of oxazole rings is 1. The van der Waals surface area contributed by atoms with E-state index in [1.165, 1.54) is 6.39 Å². The topological polar surface area (TPSA) is 75.7 Å². The number of esters is 1. The van der Waals surface area contributed by atoms with E-state index >= 15 is 0 Å². The first-order chi connectivity index (χ1) is 15.6. The molecule has 0 radical (unpaired) electrons. The summed E-state index contributed by atoms with van der Waals surface area (Å²) in [7, 11) is 3.24. The van der Waals surface area contributed by atoms with E-state index in [0.717, 1.165) is 52.1 Å². The lowest BCUT2D eigenvalue weighted by atomic mass is 9.93. The molecular weight excluding hydrogens is 408 g/mol. The molecule has 0 unspecified atom stereocenters. The first-order valence-corrected chi connectivity index (χ1v) is 10.6. The van der Waals surface area contributed by atoms with Gasteiger partial charge in [-0.2, -0.15) is 0 Å². The van der Waals surface area contributed by atoms with Crippen LogP contribution in [-0.4, -0.2) is 36.3 Å². The highest BCUT2D eigenvalue weighted by atomic mass is 16.5. The molecule has 0 amide bonds. The van der Waals surface area contributed by atoms with Gasteiger partial charge in [0, 0.05) is 28.9 Å². The normalized spacial score (nSPS) is 12.4. The maximum Gasteiger partial charge on any atom is 0.340 e. The number of aryl methyl sites for hydroxylation is 1. The fourth-order valence-corrected chi connectivity index (χ4v) is 4.69. The molecule has 4 aromatic rings. The molecule has 0 atom stereocenters. The van der Waals surface area contributed by atoms with Gasteiger partial charge >= 0.3 is 5.97 Å². The number of hydrogen-bond acceptors (Lipinski definition) is 6. The third-order valence-corrected chi connectivity index (χ3v) is 6.10. The Balaban J connectivity index is 1.85. The van der Waals surface area contributed by atoms with Crippen LogP contribution in [0, 0.1) is 6.92 Å². The number of para-hydroxylation sites is 1. The number of benzene rings is 2. The summed E-state index contributed by atoms with van der Waals surface area (Å²) in [6.07, 6.45) is 2.24.